The summed E-state index contributed by atoms with van der Waals surface area (Å²) in [6, 6.07) is 0. The predicted octanol–water partition coefficient (Wildman–Crippen LogP) is 1.70. The average molecular weight is 298 g/mol. The lowest BCUT2D eigenvalue weighted by atomic mass is 10.3. The zero-order valence-electron chi connectivity index (χ0n) is 13.1. The first-order chi connectivity index (χ1) is 10.1. The molecule has 0 aliphatic heterocycles. The van der Waals surface area contributed by atoms with Crippen molar-refractivity contribution in [3.63, 3.8) is 0 Å². The minimum Gasteiger partial charge on any atom is -0.473 e. The highest BCUT2D eigenvalue weighted by molar-refractivity contribution is 5.66. The number of nitrogens with one attached hydrogen (secondary N) is 1. The molecule has 0 saturated heterocycles. The van der Waals surface area contributed by atoms with Gasteiger partial charge in [-0.3, -0.25) is 0 Å². The Morgan fingerprint density at radius 2 is 2.00 bits per heavy atom. The molecular weight excluding hydrogens is 272 g/mol. The fourth-order valence-corrected chi connectivity index (χ4v) is 1.62. The summed E-state index contributed by atoms with van der Waals surface area (Å²) in [5, 5.41) is 3.19. The standard InChI is InChI=1S/C14H26N4O3/c1-11(2)21-14-12(15)13(17-10-18-14)16-6-4-5-7-20-9-8-19-3/h10-11H,4-9,15H2,1-3H3,(H,16,17,18). The summed E-state index contributed by atoms with van der Waals surface area (Å²) in [4.78, 5) is 8.16. The minimum atomic E-state index is 0.0271. The smallest absolute Gasteiger partial charge is 0.242 e. The van der Waals surface area contributed by atoms with Gasteiger partial charge >= 0.3 is 0 Å². The highest BCUT2D eigenvalue weighted by atomic mass is 16.5. The van der Waals surface area contributed by atoms with Crippen molar-refractivity contribution in [2.75, 3.05) is 44.5 Å². The first-order valence-corrected chi connectivity index (χ1v) is 7.22. The molecule has 120 valence electrons. The van der Waals surface area contributed by atoms with Crippen LogP contribution in [0.3, 0.4) is 0 Å². The van der Waals surface area contributed by atoms with Crippen molar-refractivity contribution in [2.45, 2.75) is 32.8 Å². The van der Waals surface area contributed by atoms with E-state index in [4.69, 9.17) is 19.9 Å². The summed E-state index contributed by atoms with van der Waals surface area (Å²) >= 11 is 0. The maximum Gasteiger partial charge on any atom is 0.242 e. The van der Waals surface area contributed by atoms with Gasteiger partial charge in [0.05, 0.1) is 19.3 Å². The molecule has 1 rings (SSSR count). The number of anilines is 2. The summed E-state index contributed by atoms with van der Waals surface area (Å²) in [5.74, 6) is 1.03. The molecule has 0 fully saturated rings. The molecule has 0 atom stereocenters. The maximum absolute atomic E-state index is 5.98. The van der Waals surface area contributed by atoms with Crippen molar-refractivity contribution in [2.24, 2.45) is 0 Å². The first-order valence-electron chi connectivity index (χ1n) is 7.22. The minimum absolute atomic E-state index is 0.0271. The first kappa shape index (κ1) is 17.5. The fraction of sp³-hybridized carbons (Fsp3) is 0.714. The highest BCUT2D eigenvalue weighted by Gasteiger charge is 2.09. The van der Waals surface area contributed by atoms with E-state index in [2.05, 4.69) is 15.3 Å². The molecule has 7 heteroatoms. The van der Waals surface area contributed by atoms with Crippen molar-refractivity contribution in [3.05, 3.63) is 6.33 Å². The van der Waals surface area contributed by atoms with Crippen LogP contribution in [0.15, 0.2) is 6.33 Å². The molecule has 0 aromatic carbocycles. The average Bonchev–Trinajstić information content (AvgIpc) is 2.45. The molecule has 1 heterocycles. The Hall–Kier alpha value is -1.60. The van der Waals surface area contributed by atoms with Crippen molar-refractivity contribution < 1.29 is 14.2 Å². The van der Waals surface area contributed by atoms with Crippen molar-refractivity contribution in [1.82, 2.24) is 9.97 Å². The maximum atomic E-state index is 5.98. The normalized spacial score (nSPS) is 10.9. The molecular formula is C14H26N4O3. The van der Waals surface area contributed by atoms with Crippen molar-refractivity contribution in [3.8, 4) is 5.88 Å². The van der Waals surface area contributed by atoms with Crippen molar-refractivity contribution >= 4 is 11.5 Å². The molecule has 7 nitrogen and oxygen atoms in total. The van der Waals surface area contributed by atoms with Crippen LogP contribution in [0.4, 0.5) is 11.5 Å². The van der Waals surface area contributed by atoms with E-state index < -0.39 is 0 Å². The van der Waals surface area contributed by atoms with Crippen LogP contribution in [0.2, 0.25) is 0 Å². The lowest BCUT2D eigenvalue weighted by molar-refractivity contribution is 0.0691. The third kappa shape index (κ3) is 7.10. The summed E-state index contributed by atoms with van der Waals surface area (Å²) < 4.78 is 15.8. The highest BCUT2D eigenvalue weighted by Crippen LogP contribution is 2.25. The molecule has 0 unspecified atom stereocenters. The fourth-order valence-electron chi connectivity index (χ4n) is 1.62. The summed E-state index contributed by atoms with van der Waals surface area (Å²) in [6.07, 6.45) is 3.41. The van der Waals surface area contributed by atoms with Crippen LogP contribution in [0.1, 0.15) is 26.7 Å². The second-order valence-corrected chi connectivity index (χ2v) is 4.85. The van der Waals surface area contributed by atoms with Gasteiger partial charge in [0.25, 0.3) is 0 Å². The zero-order chi connectivity index (χ0) is 15.5. The van der Waals surface area contributed by atoms with E-state index in [0.29, 0.717) is 30.6 Å². The Morgan fingerprint density at radius 3 is 2.71 bits per heavy atom. The van der Waals surface area contributed by atoms with E-state index in [-0.39, 0.29) is 6.10 Å². The number of hydrogen-bond donors (Lipinski definition) is 2. The van der Waals surface area contributed by atoms with Crippen molar-refractivity contribution in [1.29, 1.82) is 0 Å². The van der Waals surface area contributed by atoms with Gasteiger partial charge in [0.2, 0.25) is 5.88 Å². The topological polar surface area (TPSA) is 91.5 Å². The molecule has 1 aromatic rings. The zero-order valence-corrected chi connectivity index (χ0v) is 13.1. The molecule has 0 aliphatic carbocycles. The predicted molar refractivity (Wildman–Crippen MR) is 82.6 cm³/mol. The van der Waals surface area contributed by atoms with Gasteiger partial charge in [-0.15, -0.1) is 0 Å². The van der Waals surface area contributed by atoms with E-state index in [9.17, 15) is 0 Å². The number of nitrogen functional groups attached to an aromatic ring is 1. The van der Waals surface area contributed by atoms with Gasteiger partial charge in [0, 0.05) is 20.3 Å². The Bertz CT molecular complexity index is 402. The number of nitrogens with two attached hydrogens (primary N) is 1. The quantitative estimate of drug-likeness (QED) is 0.601. The van der Waals surface area contributed by atoms with Crippen LogP contribution in [-0.2, 0) is 9.47 Å². The Kier molecular flexibility index (Phi) is 8.45. The third-order valence-electron chi connectivity index (χ3n) is 2.63. The Balaban J connectivity index is 2.26. The molecule has 21 heavy (non-hydrogen) atoms. The van der Waals surface area contributed by atoms with Gasteiger partial charge in [0.15, 0.2) is 5.82 Å². The molecule has 0 radical (unpaired) electrons. The SMILES string of the molecule is COCCOCCCCNc1ncnc(OC(C)C)c1N. The van der Waals surface area contributed by atoms with Gasteiger partial charge in [-0.25, -0.2) is 4.98 Å². The molecule has 0 spiro atoms. The monoisotopic (exact) mass is 298 g/mol. The number of hydrogen-bond acceptors (Lipinski definition) is 7. The van der Waals surface area contributed by atoms with E-state index in [1.807, 2.05) is 13.8 Å². The van der Waals surface area contributed by atoms with E-state index in [0.717, 1.165) is 26.0 Å². The van der Waals surface area contributed by atoms with Gasteiger partial charge in [0.1, 0.15) is 12.0 Å². The molecule has 3 N–H and O–H groups in total. The number of unbranched alkanes of at least 4 members (excludes halogenated alkanes) is 1. The van der Waals surface area contributed by atoms with Crippen LogP contribution in [0.5, 0.6) is 5.88 Å². The van der Waals surface area contributed by atoms with Gasteiger partial charge in [-0.1, -0.05) is 0 Å². The van der Waals surface area contributed by atoms with Gasteiger partial charge in [-0.05, 0) is 26.7 Å². The molecule has 0 aliphatic rings. The van der Waals surface area contributed by atoms with E-state index >= 15 is 0 Å². The van der Waals surface area contributed by atoms with Crippen LogP contribution >= 0.6 is 0 Å². The molecule has 0 bridgehead atoms. The third-order valence-corrected chi connectivity index (χ3v) is 2.63. The van der Waals surface area contributed by atoms with E-state index in [1.54, 1.807) is 7.11 Å². The second kappa shape index (κ2) is 10.2. The lowest BCUT2D eigenvalue weighted by Crippen LogP contribution is -2.12. The van der Waals surface area contributed by atoms with Crippen LogP contribution in [-0.4, -0.2) is 49.5 Å². The number of ether oxygens (including phenoxy) is 3. The molecule has 0 amide bonds. The Labute approximate surface area is 126 Å². The number of rotatable bonds is 11. The largest absolute Gasteiger partial charge is 0.473 e. The summed E-state index contributed by atoms with van der Waals surface area (Å²) in [6.45, 7) is 6.63. The summed E-state index contributed by atoms with van der Waals surface area (Å²) in [5.41, 5.74) is 6.42. The lowest BCUT2D eigenvalue weighted by Gasteiger charge is -2.13. The van der Waals surface area contributed by atoms with Crippen LogP contribution in [0.25, 0.3) is 0 Å². The second-order valence-electron chi connectivity index (χ2n) is 4.85. The Morgan fingerprint density at radius 1 is 1.19 bits per heavy atom. The number of nitrogens with zero attached hydrogens (tertiary/aromatic N) is 2. The van der Waals surface area contributed by atoms with Crippen LogP contribution in [0, 0.1) is 0 Å². The van der Waals surface area contributed by atoms with Crippen LogP contribution < -0.4 is 15.8 Å². The van der Waals surface area contributed by atoms with E-state index in [1.165, 1.54) is 6.33 Å². The number of aromatic nitrogens is 2. The van der Waals surface area contributed by atoms with Gasteiger partial charge in [-0.2, -0.15) is 4.98 Å². The van der Waals surface area contributed by atoms with Gasteiger partial charge < -0.3 is 25.3 Å². The number of methoxy groups -OCH3 is 1. The molecule has 1 aromatic heterocycles. The summed E-state index contributed by atoms with van der Waals surface area (Å²) in [7, 11) is 1.66. The molecule has 0 saturated carbocycles.